The molecule has 1 N–H and O–H groups in total. The van der Waals surface area contributed by atoms with Crippen molar-refractivity contribution in [3.63, 3.8) is 0 Å². The average molecular weight is 629 g/mol. The SMILES string of the molecule is C1=Cc2ccc3c(c2CC1)c1c2ccccc2ccc1n3-c1cccc2c(C3=NC(c4ccccc4)NC(c4ccccc4)=N3)cccc12. The maximum Gasteiger partial charge on any atom is 0.160 e. The first-order valence-corrected chi connectivity index (χ1v) is 17.0. The van der Waals surface area contributed by atoms with Crippen LogP contribution in [0.5, 0.6) is 0 Å². The van der Waals surface area contributed by atoms with Crippen molar-refractivity contribution in [2.45, 2.75) is 19.0 Å². The van der Waals surface area contributed by atoms with Crippen LogP contribution >= 0.6 is 0 Å². The Bertz CT molecular complexity index is 2680. The van der Waals surface area contributed by atoms with E-state index in [4.69, 9.17) is 9.98 Å². The molecule has 1 aromatic heterocycles. The normalized spacial score (nSPS) is 15.7. The van der Waals surface area contributed by atoms with Gasteiger partial charge in [0, 0.05) is 27.3 Å². The molecule has 4 nitrogen and oxygen atoms in total. The maximum atomic E-state index is 5.23. The molecule has 7 aromatic carbocycles. The highest BCUT2D eigenvalue weighted by atomic mass is 15.2. The lowest BCUT2D eigenvalue weighted by atomic mass is 9.92. The van der Waals surface area contributed by atoms with Gasteiger partial charge in [-0.3, -0.25) is 0 Å². The van der Waals surface area contributed by atoms with Crippen LogP contribution in [0.25, 0.3) is 55.1 Å². The second kappa shape index (κ2) is 11.2. The average Bonchev–Trinajstić information content (AvgIpc) is 3.53. The minimum Gasteiger partial charge on any atom is -0.344 e. The van der Waals surface area contributed by atoms with Crippen molar-refractivity contribution in [3.05, 3.63) is 179 Å². The molecular weight excluding hydrogens is 597 g/mol. The molecular formula is C45H32N4. The van der Waals surface area contributed by atoms with Crippen LogP contribution < -0.4 is 5.32 Å². The van der Waals surface area contributed by atoms with Gasteiger partial charge >= 0.3 is 0 Å². The van der Waals surface area contributed by atoms with E-state index in [-0.39, 0.29) is 6.17 Å². The Morgan fingerprint density at radius 1 is 0.612 bits per heavy atom. The van der Waals surface area contributed by atoms with Gasteiger partial charge in [-0.1, -0.05) is 140 Å². The number of allylic oxidation sites excluding steroid dienone is 1. The van der Waals surface area contributed by atoms with E-state index in [0.29, 0.717) is 0 Å². The smallest absolute Gasteiger partial charge is 0.160 e. The highest BCUT2D eigenvalue weighted by Gasteiger charge is 2.24. The molecule has 0 saturated heterocycles. The molecule has 232 valence electrons. The predicted molar refractivity (Wildman–Crippen MR) is 205 cm³/mol. The van der Waals surface area contributed by atoms with Gasteiger partial charge in [0.1, 0.15) is 12.0 Å². The fourth-order valence-electron chi connectivity index (χ4n) is 7.88. The number of amidine groups is 2. The molecule has 0 amide bonds. The van der Waals surface area contributed by atoms with Crippen molar-refractivity contribution in [2.24, 2.45) is 9.98 Å². The van der Waals surface area contributed by atoms with E-state index in [0.717, 1.165) is 52.3 Å². The van der Waals surface area contributed by atoms with E-state index in [1.807, 2.05) is 12.1 Å². The first kappa shape index (κ1) is 27.8. The number of aromatic nitrogens is 1. The van der Waals surface area contributed by atoms with E-state index in [2.05, 4.69) is 155 Å². The lowest BCUT2D eigenvalue weighted by Crippen LogP contribution is -2.33. The Morgan fingerprint density at radius 3 is 2.24 bits per heavy atom. The summed E-state index contributed by atoms with van der Waals surface area (Å²) in [6, 6.07) is 51.9. The van der Waals surface area contributed by atoms with Gasteiger partial charge in [-0.15, -0.1) is 0 Å². The van der Waals surface area contributed by atoms with Gasteiger partial charge in [-0.25, -0.2) is 9.98 Å². The van der Waals surface area contributed by atoms with Crippen LogP contribution in [0.4, 0.5) is 0 Å². The maximum absolute atomic E-state index is 5.23. The predicted octanol–water partition coefficient (Wildman–Crippen LogP) is 10.5. The molecule has 0 bridgehead atoms. The molecule has 0 spiro atoms. The fourth-order valence-corrected chi connectivity index (χ4v) is 7.88. The topological polar surface area (TPSA) is 41.7 Å². The van der Waals surface area contributed by atoms with Crippen molar-refractivity contribution in [1.29, 1.82) is 0 Å². The zero-order chi connectivity index (χ0) is 32.3. The molecule has 8 aromatic rings. The van der Waals surface area contributed by atoms with Gasteiger partial charge in [-0.05, 0) is 63.9 Å². The summed E-state index contributed by atoms with van der Waals surface area (Å²) in [4.78, 5) is 10.4. The quantitative estimate of drug-likeness (QED) is 0.207. The van der Waals surface area contributed by atoms with Crippen molar-refractivity contribution >= 4 is 61.1 Å². The van der Waals surface area contributed by atoms with Gasteiger partial charge in [0.05, 0.1) is 16.7 Å². The molecule has 2 heterocycles. The standard InChI is InChI=1S/C45H32N4/c1-3-15-31(16-4-1)43-46-44(32-17-5-2-6-18-32)48-45(47-43)37-23-11-22-36-35(37)21-12-24-38(36)49-39-27-25-29-13-7-9-19-33(29)41(39)42-34-20-10-8-14-30(34)26-28-40(42)49/h1-9,11-19,21-28,43H,10,20H2,(H,46,47,48). The van der Waals surface area contributed by atoms with Gasteiger partial charge in [0.2, 0.25) is 0 Å². The molecule has 0 radical (unpaired) electrons. The van der Waals surface area contributed by atoms with Crippen molar-refractivity contribution < 1.29 is 0 Å². The third kappa shape index (κ3) is 4.45. The van der Waals surface area contributed by atoms with E-state index in [1.165, 1.54) is 49.1 Å². The van der Waals surface area contributed by atoms with Crippen LogP contribution in [0, 0.1) is 0 Å². The highest BCUT2D eigenvalue weighted by molar-refractivity contribution is 6.24. The summed E-state index contributed by atoms with van der Waals surface area (Å²) >= 11 is 0. The fraction of sp³-hybridized carbons (Fsp3) is 0.0667. The zero-order valence-electron chi connectivity index (χ0n) is 26.8. The number of benzene rings is 7. The Hall–Kier alpha value is -6.26. The third-order valence-corrected chi connectivity index (χ3v) is 10.1. The Morgan fingerprint density at radius 2 is 1.35 bits per heavy atom. The van der Waals surface area contributed by atoms with E-state index in [9.17, 15) is 0 Å². The van der Waals surface area contributed by atoms with Gasteiger partial charge in [0.15, 0.2) is 5.84 Å². The second-order valence-electron chi connectivity index (χ2n) is 12.9. The van der Waals surface area contributed by atoms with E-state index < -0.39 is 0 Å². The van der Waals surface area contributed by atoms with Crippen LogP contribution in [-0.2, 0) is 6.42 Å². The second-order valence-corrected chi connectivity index (χ2v) is 12.9. The van der Waals surface area contributed by atoms with Gasteiger partial charge < -0.3 is 9.88 Å². The number of hydrogen-bond acceptors (Lipinski definition) is 3. The number of nitrogens with one attached hydrogen (secondary N) is 1. The number of aryl methyl sites for hydroxylation is 1. The van der Waals surface area contributed by atoms with E-state index >= 15 is 0 Å². The summed E-state index contributed by atoms with van der Waals surface area (Å²) in [5, 5.41) is 11.2. The highest BCUT2D eigenvalue weighted by Crippen LogP contribution is 2.42. The third-order valence-electron chi connectivity index (χ3n) is 10.1. The van der Waals surface area contributed by atoms with Crippen molar-refractivity contribution in [2.75, 3.05) is 0 Å². The minimum atomic E-state index is -0.256. The summed E-state index contributed by atoms with van der Waals surface area (Å²) in [5.74, 6) is 1.55. The first-order chi connectivity index (χ1) is 24.3. The molecule has 1 atom stereocenters. The molecule has 4 heteroatoms. The molecule has 49 heavy (non-hydrogen) atoms. The molecule has 1 unspecified atom stereocenters. The largest absolute Gasteiger partial charge is 0.344 e. The molecule has 0 fully saturated rings. The molecule has 2 aliphatic rings. The molecule has 0 saturated carbocycles. The minimum absolute atomic E-state index is 0.256. The van der Waals surface area contributed by atoms with Crippen molar-refractivity contribution in [3.8, 4) is 5.69 Å². The van der Waals surface area contributed by atoms with Gasteiger partial charge in [0.25, 0.3) is 0 Å². The first-order valence-electron chi connectivity index (χ1n) is 17.0. The Labute approximate surface area is 284 Å². The van der Waals surface area contributed by atoms with Crippen LogP contribution in [0.3, 0.4) is 0 Å². The summed E-state index contributed by atoms with van der Waals surface area (Å²) in [7, 11) is 0. The monoisotopic (exact) mass is 628 g/mol. The van der Waals surface area contributed by atoms with Crippen LogP contribution in [0.2, 0.25) is 0 Å². The van der Waals surface area contributed by atoms with Crippen LogP contribution in [0.15, 0.2) is 162 Å². The lowest BCUT2D eigenvalue weighted by molar-refractivity contribution is 0.674. The molecule has 1 aliphatic carbocycles. The number of rotatable bonds is 4. The number of nitrogens with zero attached hydrogens (tertiary/aromatic N) is 3. The number of fused-ring (bicyclic) bond motifs is 8. The summed E-state index contributed by atoms with van der Waals surface area (Å²) in [6.45, 7) is 0. The number of aliphatic imine (C=N–C) groups is 2. The summed E-state index contributed by atoms with van der Waals surface area (Å²) in [6.07, 6.45) is 6.45. The van der Waals surface area contributed by atoms with Crippen LogP contribution in [0.1, 0.15) is 40.4 Å². The summed E-state index contributed by atoms with van der Waals surface area (Å²) < 4.78 is 2.48. The zero-order valence-corrected chi connectivity index (χ0v) is 26.8. The van der Waals surface area contributed by atoms with Crippen LogP contribution in [-0.4, -0.2) is 16.2 Å². The number of hydrogen-bond donors (Lipinski definition) is 1. The van der Waals surface area contributed by atoms with Gasteiger partial charge in [-0.2, -0.15) is 0 Å². The van der Waals surface area contributed by atoms with E-state index in [1.54, 1.807) is 0 Å². The molecule has 10 rings (SSSR count). The Balaban J connectivity index is 1.23. The Kier molecular flexibility index (Phi) is 6.34. The van der Waals surface area contributed by atoms with Crippen molar-refractivity contribution in [1.82, 2.24) is 9.88 Å². The molecule has 1 aliphatic heterocycles. The lowest BCUT2D eigenvalue weighted by Gasteiger charge is -2.24. The summed E-state index contributed by atoms with van der Waals surface area (Å²) in [5.41, 5.74) is 9.54.